The lowest BCUT2D eigenvalue weighted by Gasteiger charge is -2.25. The standard InChI is InChI=1S/C7H12F2N2O2/c1-4(2-3-10)7(11,5(8)9)6(12)13/h5H,1-3,10-11H2,(H,12,13). The minimum atomic E-state index is -3.19. The molecule has 76 valence electrons. The first-order valence-corrected chi connectivity index (χ1v) is 3.56. The van der Waals surface area contributed by atoms with Crippen molar-refractivity contribution in [3.8, 4) is 0 Å². The van der Waals surface area contributed by atoms with Crippen molar-refractivity contribution in [3.05, 3.63) is 12.2 Å². The highest BCUT2D eigenvalue weighted by Gasteiger charge is 2.45. The van der Waals surface area contributed by atoms with Gasteiger partial charge >= 0.3 is 5.97 Å². The predicted molar refractivity (Wildman–Crippen MR) is 43.4 cm³/mol. The van der Waals surface area contributed by atoms with Crippen LogP contribution in [0, 0.1) is 0 Å². The molecule has 1 atom stereocenters. The Morgan fingerprint density at radius 2 is 2.08 bits per heavy atom. The highest BCUT2D eigenvalue weighted by Crippen LogP contribution is 2.23. The largest absolute Gasteiger partial charge is 0.479 e. The Morgan fingerprint density at radius 1 is 1.62 bits per heavy atom. The van der Waals surface area contributed by atoms with Gasteiger partial charge in [-0.05, 0) is 18.5 Å². The Balaban J connectivity index is 4.79. The molecule has 0 aliphatic carbocycles. The lowest BCUT2D eigenvalue weighted by atomic mass is 9.90. The third-order valence-corrected chi connectivity index (χ3v) is 1.73. The summed E-state index contributed by atoms with van der Waals surface area (Å²) < 4.78 is 24.6. The fourth-order valence-corrected chi connectivity index (χ4v) is 0.780. The molecule has 0 aromatic heterocycles. The highest BCUT2D eigenvalue weighted by atomic mass is 19.3. The first-order chi connectivity index (χ1) is 5.87. The number of alkyl halides is 2. The van der Waals surface area contributed by atoms with Crippen LogP contribution < -0.4 is 11.5 Å². The van der Waals surface area contributed by atoms with E-state index in [9.17, 15) is 13.6 Å². The van der Waals surface area contributed by atoms with Crippen molar-refractivity contribution in [1.82, 2.24) is 0 Å². The first kappa shape index (κ1) is 12.0. The maximum atomic E-state index is 12.3. The zero-order chi connectivity index (χ0) is 10.6. The second-order valence-corrected chi connectivity index (χ2v) is 2.62. The summed E-state index contributed by atoms with van der Waals surface area (Å²) in [5, 5.41) is 8.49. The number of rotatable bonds is 5. The average Bonchev–Trinajstić information content (AvgIpc) is 2.02. The summed E-state index contributed by atoms with van der Waals surface area (Å²) in [7, 11) is 0. The monoisotopic (exact) mass is 194 g/mol. The van der Waals surface area contributed by atoms with Crippen molar-refractivity contribution in [1.29, 1.82) is 0 Å². The molecule has 0 amide bonds. The number of hydrogen-bond donors (Lipinski definition) is 3. The van der Waals surface area contributed by atoms with E-state index in [0.29, 0.717) is 0 Å². The Bertz CT molecular complexity index is 221. The van der Waals surface area contributed by atoms with Crippen molar-refractivity contribution in [3.63, 3.8) is 0 Å². The van der Waals surface area contributed by atoms with Crippen molar-refractivity contribution in [2.75, 3.05) is 6.54 Å². The summed E-state index contributed by atoms with van der Waals surface area (Å²) >= 11 is 0. The minimum absolute atomic E-state index is 0.0346. The van der Waals surface area contributed by atoms with Crippen LogP contribution in [0.2, 0.25) is 0 Å². The molecule has 0 spiro atoms. The van der Waals surface area contributed by atoms with E-state index in [0.717, 1.165) is 0 Å². The van der Waals surface area contributed by atoms with Crippen LogP contribution in [0.5, 0.6) is 0 Å². The Morgan fingerprint density at radius 3 is 2.31 bits per heavy atom. The summed E-state index contributed by atoms with van der Waals surface area (Å²) in [4.78, 5) is 10.5. The number of carboxylic acids is 1. The molecule has 0 radical (unpaired) electrons. The van der Waals surface area contributed by atoms with E-state index in [2.05, 4.69) is 6.58 Å². The summed E-state index contributed by atoms with van der Waals surface area (Å²) in [5.41, 5.74) is 7.13. The van der Waals surface area contributed by atoms with Gasteiger partial charge in [0.15, 0.2) is 5.54 Å². The zero-order valence-electron chi connectivity index (χ0n) is 6.96. The molecular weight excluding hydrogens is 182 g/mol. The topological polar surface area (TPSA) is 89.3 Å². The highest BCUT2D eigenvalue weighted by molar-refractivity contribution is 5.83. The molecule has 0 aromatic carbocycles. The van der Waals surface area contributed by atoms with Gasteiger partial charge in [0.05, 0.1) is 0 Å². The normalized spacial score (nSPS) is 15.5. The molecular formula is C7H12F2N2O2. The molecule has 6 heteroatoms. The molecule has 0 aliphatic rings. The number of aliphatic carboxylic acids is 1. The van der Waals surface area contributed by atoms with Gasteiger partial charge in [0.25, 0.3) is 6.43 Å². The van der Waals surface area contributed by atoms with E-state index < -0.39 is 17.9 Å². The second-order valence-electron chi connectivity index (χ2n) is 2.62. The van der Waals surface area contributed by atoms with Gasteiger partial charge in [-0.2, -0.15) is 0 Å². The van der Waals surface area contributed by atoms with Gasteiger partial charge in [0.1, 0.15) is 0 Å². The summed E-state index contributed by atoms with van der Waals surface area (Å²) in [6.45, 7) is 3.23. The van der Waals surface area contributed by atoms with Crippen LogP contribution in [0.25, 0.3) is 0 Å². The third-order valence-electron chi connectivity index (χ3n) is 1.73. The van der Waals surface area contributed by atoms with Gasteiger partial charge in [-0.15, -0.1) is 0 Å². The maximum absolute atomic E-state index is 12.3. The van der Waals surface area contributed by atoms with Crippen molar-refractivity contribution >= 4 is 5.97 Å². The van der Waals surface area contributed by atoms with Crippen LogP contribution in [0.15, 0.2) is 12.2 Å². The average molecular weight is 194 g/mol. The number of nitrogens with two attached hydrogens (primary N) is 2. The molecule has 5 N–H and O–H groups in total. The molecule has 0 aliphatic heterocycles. The maximum Gasteiger partial charge on any atom is 0.334 e. The van der Waals surface area contributed by atoms with Gasteiger partial charge in [-0.25, -0.2) is 13.6 Å². The molecule has 0 saturated heterocycles. The van der Waals surface area contributed by atoms with E-state index in [1.54, 1.807) is 0 Å². The van der Waals surface area contributed by atoms with Gasteiger partial charge in [0, 0.05) is 0 Å². The van der Waals surface area contributed by atoms with Crippen LogP contribution in [-0.4, -0.2) is 29.6 Å². The fraction of sp³-hybridized carbons (Fsp3) is 0.571. The number of hydrogen-bond acceptors (Lipinski definition) is 3. The lowest BCUT2D eigenvalue weighted by Crippen LogP contribution is -2.55. The van der Waals surface area contributed by atoms with Crippen LogP contribution >= 0.6 is 0 Å². The summed E-state index contributed by atoms with van der Waals surface area (Å²) in [6, 6.07) is 0. The molecule has 13 heavy (non-hydrogen) atoms. The lowest BCUT2D eigenvalue weighted by molar-refractivity contribution is -0.147. The third kappa shape index (κ3) is 2.22. The molecule has 4 nitrogen and oxygen atoms in total. The van der Waals surface area contributed by atoms with Crippen LogP contribution in [0.3, 0.4) is 0 Å². The van der Waals surface area contributed by atoms with Crippen molar-refractivity contribution < 1.29 is 18.7 Å². The van der Waals surface area contributed by atoms with E-state index in [4.69, 9.17) is 16.6 Å². The van der Waals surface area contributed by atoms with Gasteiger partial charge in [-0.1, -0.05) is 6.58 Å². The van der Waals surface area contributed by atoms with E-state index >= 15 is 0 Å². The Hall–Kier alpha value is -1.01. The van der Waals surface area contributed by atoms with E-state index in [1.165, 1.54) is 0 Å². The first-order valence-electron chi connectivity index (χ1n) is 3.56. The van der Waals surface area contributed by atoms with Gasteiger partial charge < -0.3 is 16.6 Å². The fourth-order valence-electron chi connectivity index (χ4n) is 0.780. The number of halogens is 2. The van der Waals surface area contributed by atoms with E-state index in [1.807, 2.05) is 0 Å². The Labute approximate surface area is 74.2 Å². The number of carboxylic acid groups (broad SMARTS) is 1. The smallest absolute Gasteiger partial charge is 0.334 e. The molecule has 1 unspecified atom stereocenters. The summed E-state index contributed by atoms with van der Waals surface area (Å²) in [6.07, 6.45) is -3.23. The van der Waals surface area contributed by atoms with Gasteiger partial charge in [-0.3, -0.25) is 0 Å². The Kier molecular flexibility index (Phi) is 3.96. The van der Waals surface area contributed by atoms with E-state index in [-0.39, 0.29) is 18.5 Å². The molecule has 0 fully saturated rings. The van der Waals surface area contributed by atoms with Crippen molar-refractivity contribution in [2.45, 2.75) is 18.4 Å². The zero-order valence-corrected chi connectivity index (χ0v) is 6.96. The molecule has 0 aromatic rings. The molecule has 0 rings (SSSR count). The second kappa shape index (κ2) is 4.29. The van der Waals surface area contributed by atoms with Crippen LogP contribution in [-0.2, 0) is 4.79 Å². The predicted octanol–water partition coefficient (Wildman–Crippen LogP) is -0.0614. The van der Waals surface area contributed by atoms with Crippen molar-refractivity contribution in [2.24, 2.45) is 11.5 Å². The van der Waals surface area contributed by atoms with Gasteiger partial charge in [0.2, 0.25) is 0 Å². The molecule has 0 saturated carbocycles. The minimum Gasteiger partial charge on any atom is -0.479 e. The van der Waals surface area contributed by atoms with Crippen LogP contribution in [0.1, 0.15) is 6.42 Å². The quantitative estimate of drug-likeness (QED) is 0.535. The number of carbonyl (C=O) groups is 1. The summed E-state index contributed by atoms with van der Waals surface area (Å²) in [5.74, 6) is -1.79. The molecule has 0 bridgehead atoms. The molecule has 0 heterocycles. The van der Waals surface area contributed by atoms with Crippen LogP contribution in [0.4, 0.5) is 8.78 Å². The SMILES string of the molecule is C=C(CCN)C(N)(C(=O)O)C(F)F.